The van der Waals surface area contributed by atoms with Gasteiger partial charge in [0.25, 0.3) is 0 Å². The van der Waals surface area contributed by atoms with Gasteiger partial charge in [-0.25, -0.2) is 0 Å². The predicted molar refractivity (Wildman–Crippen MR) is 185 cm³/mol. The number of rotatable bonds is 29. The maximum absolute atomic E-state index is 11.4. The molecular weight excluding hydrogens is 630 g/mol. The fourth-order valence-corrected chi connectivity index (χ4v) is 4.93. The summed E-state index contributed by atoms with van der Waals surface area (Å²) in [5.74, 6) is -1.25. The van der Waals surface area contributed by atoms with Gasteiger partial charge in [0.05, 0.1) is 85.7 Å². The monoisotopic (exact) mass is 681 g/mol. The summed E-state index contributed by atoms with van der Waals surface area (Å²) in [6.07, 6.45) is 0.477. The predicted octanol–water partition coefficient (Wildman–Crippen LogP) is 4.47. The molecule has 0 aromatic heterocycles. The van der Waals surface area contributed by atoms with E-state index in [4.69, 9.17) is 38.3 Å². The summed E-state index contributed by atoms with van der Waals surface area (Å²) >= 11 is 0. The number of carbonyl (C=O) groups excluding carboxylic acids is 1. The summed E-state index contributed by atoms with van der Waals surface area (Å²) in [6.45, 7) is 6.42. The standard InChI is InChI=1S/C38H51NO10/c40-36(17-18-37(41)42)39-19-10-20-43-21-22-44-23-24-45-25-26-46-27-28-47-29-30-48-31-32-49-38(33-11-4-1-5-12-33,34-13-6-2-7-14-34)35-15-8-3-9-16-35/h1-9,11-16H,10,17-32H2,(H,39,40)(H,41,42). The molecule has 2 N–H and O–H groups in total. The number of carbonyl (C=O) groups is 2. The van der Waals surface area contributed by atoms with Gasteiger partial charge in [-0.3, -0.25) is 9.59 Å². The average Bonchev–Trinajstić information content (AvgIpc) is 3.14. The van der Waals surface area contributed by atoms with Crippen molar-refractivity contribution in [3.05, 3.63) is 108 Å². The lowest BCUT2D eigenvalue weighted by molar-refractivity contribution is -0.138. The van der Waals surface area contributed by atoms with Crippen LogP contribution in [0.25, 0.3) is 0 Å². The van der Waals surface area contributed by atoms with Gasteiger partial charge in [0.2, 0.25) is 5.91 Å². The van der Waals surface area contributed by atoms with Crippen LogP contribution in [0.2, 0.25) is 0 Å². The number of amides is 1. The fourth-order valence-electron chi connectivity index (χ4n) is 4.93. The molecule has 3 aromatic carbocycles. The van der Waals surface area contributed by atoms with Crippen molar-refractivity contribution < 1.29 is 47.9 Å². The molecule has 11 nitrogen and oxygen atoms in total. The van der Waals surface area contributed by atoms with Crippen LogP contribution >= 0.6 is 0 Å². The largest absolute Gasteiger partial charge is 0.481 e. The maximum Gasteiger partial charge on any atom is 0.303 e. The summed E-state index contributed by atoms with van der Waals surface area (Å²) in [5, 5.41) is 11.2. The van der Waals surface area contributed by atoms with Gasteiger partial charge in [-0.05, 0) is 23.1 Å². The number of hydrogen-bond acceptors (Lipinski definition) is 9. The van der Waals surface area contributed by atoms with Gasteiger partial charge < -0.3 is 43.6 Å². The summed E-state index contributed by atoms with van der Waals surface area (Å²) < 4.78 is 40.1. The van der Waals surface area contributed by atoms with Gasteiger partial charge in [-0.1, -0.05) is 91.0 Å². The highest BCUT2D eigenvalue weighted by atomic mass is 16.6. The number of carboxylic acids is 1. The van der Waals surface area contributed by atoms with Crippen LogP contribution in [0.15, 0.2) is 91.0 Å². The van der Waals surface area contributed by atoms with Gasteiger partial charge in [0.1, 0.15) is 5.60 Å². The molecular formula is C38H51NO10. The van der Waals surface area contributed by atoms with Gasteiger partial charge in [-0.2, -0.15) is 0 Å². The Bertz CT molecular complexity index is 1170. The summed E-state index contributed by atoms with van der Waals surface area (Å²) in [5.41, 5.74) is 2.42. The van der Waals surface area contributed by atoms with E-state index in [1.807, 2.05) is 54.6 Å². The van der Waals surface area contributed by atoms with E-state index in [1.54, 1.807) is 0 Å². The van der Waals surface area contributed by atoms with Crippen molar-refractivity contribution in [2.45, 2.75) is 24.9 Å². The third kappa shape index (κ3) is 16.1. The molecule has 3 aromatic rings. The van der Waals surface area contributed by atoms with Crippen LogP contribution in [0.5, 0.6) is 0 Å². The Labute approximate surface area is 289 Å². The van der Waals surface area contributed by atoms with Crippen molar-refractivity contribution in [1.82, 2.24) is 5.32 Å². The van der Waals surface area contributed by atoms with E-state index in [2.05, 4.69) is 41.7 Å². The van der Waals surface area contributed by atoms with E-state index < -0.39 is 11.6 Å². The van der Waals surface area contributed by atoms with Crippen molar-refractivity contribution >= 4 is 11.9 Å². The number of carboxylic acid groups (broad SMARTS) is 1. The van der Waals surface area contributed by atoms with E-state index in [1.165, 1.54) is 0 Å². The molecule has 0 saturated heterocycles. The molecule has 3 rings (SSSR count). The highest BCUT2D eigenvalue weighted by Crippen LogP contribution is 2.40. The minimum absolute atomic E-state index is 0.0101. The Hall–Kier alpha value is -3.68. The van der Waals surface area contributed by atoms with Crippen LogP contribution in [0.4, 0.5) is 0 Å². The topological polar surface area (TPSA) is 131 Å². The third-order valence-electron chi connectivity index (χ3n) is 7.30. The quantitative estimate of drug-likeness (QED) is 0.0800. The Kier molecular flexibility index (Phi) is 20.5. The molecule has 0 aliphatic carbocycles. The van der Waals surface area contributed by atoms with Crippen LogP contribution in [-0.4, -0.2) is 109 Å². The first-order chi connectivity index (χ1) is 24.1. The lowest BCUT2D eigenvalue weighted by atomic mass is 9.80. The average molecular weight is 682 g/mol. The molecule has 0 atom stereocenters. The molecule has 0 radical (unpaired) electrons. The second kappa shape index (κ2) is 25.3. The molecule has 49 heavy (non-hydrogen) atoms. The second-order valence-electron chi connectivity index (χ2n) is 10.9. The molecule has 0 aliphatic heterocycles. The molecule has 0 unspecified atom stereocenters. The van der Waals surface area contributed by atoms with Crippen LogP contribution in [0.1, 0.15) is 36.0 Å². The van der Waals surface area contributed by atoms with Gasteiger partial charge in [0, 0.05) is 19.6 Å². The van der Waals surface area contributed by atoms with Crippen LogP contribution in [0.3, 0.4) is 0 Å². The molecule has 0 saturated carbocycles. The molecule has 0 fully saturated rings. The summed E-state index contributed by atoms with van der Waals surface area (Å²) in [6, 6.07) is 30.9. The first-order valence-corrected chi connectivity index (χ1v) is 16.9. The molecule has 0 bridgehead atoms. The molecule has 0 heterocycles. The Balaban J connectivity index is 1.14. The van der Waals surface area contributed by atoms with E-state index in [0.717, 1.165) is 16.7 Å². The van der Waals surface area contributed by atoms with E-state index in [0.29, 0.717) is 98.9 Å². The minimum atomic E-state index is -0.981. The number of ether oxygens (including phenoxy) is 7. The van der Waals surface area contributed by atoms with Crippen molar-refractivity contribution in [3.63, 3.8) is 0 Å². The van der Waals surface area contributed by atoms with Crippen LogP contribution in [-0.2, 0) is 48.3 Å². The van der Waals surface area contributed by atoms with Crippen molar-refractivity contribution in [3.8, 4) is 0 Å². The van der Waals surface area contributed by atoms with E-state index in [-0.39, 0.29) is 18.7 Å². The van der Waals surface area contributed by atoms with Gasteiger partial charge >= 0.3 is 5.97 Å². The highest BCUT2D eigenvalue weighted by molar-refractivity contribution is 5.80. The maximum atomic E-state index is 11.4. The third-order valence-corrected chi connectivity index (χ3v) is 7.30. The second-order valence-corrected chi connectivity index (χ2v) is 10.9. The lowest BCUT2D eigenvalue weighted by Gasteiger charge is -2.36. The Morgan fingerprint density at radius 1 is 0.490 bits per heavy atom. The van der Waals surface area contributed by atoms with Crippen molar-refractivity contribution in [1.29, 1.82) is 0 Å². The van der Waals surface area contributed by atoms with Crippen LogP contribution in [0, 0.1) is 0 Å². The highest BCUT2D eigenvalue weighted by Gasteiger charge is 2.37. The first-order valence-electron chi connectivity index (χ1n) is 16.9. The van der Waals surface area contributed by atoms with Gasteiger partial charge in [0.15, 0.2) is 0 Å². The number of benzene rings is 3. The number of aliphatic carboxylic acids is 1. The minimum Gasteiger partial charge on any atom is -0.481 e. The normalized spacial score (nSPS) is 11.4. The first kappa shape index (κ1) is 39.8. The lowest BCUT2D eigenvalue weighted by Crippen LogP contribution is -2.34. The molecule has 11 heteroatoms. The van der Waals surface area contributed by atoms with E-state index >= 15 is 0 Å². The Morgan fingerprint density at radius 3 is 1.20 bits per heavy atom. The molecule has 0 spiro atoms. The number of hydrogen-bond donors (Lipinski definition) is 2. The van der Waals surface area contributed by atoms with Crippen molar-refractivity contribution in [2.24, 2.45) is 0 Å². The molecule has 1 amide bonds. The Morgan fingerprint density at radius 2 is 0.837 bits per heavy atom. The smallest absolute Gasteiger partial charge is 0.303 e. The van der Waals surface area contributed by atoms with Crippen molar-refractivity contribution in [2.75, 3.05) is 92.4 Å². The molecule has 268 valence electrons. The van der Waals surface area contributed by atoms with Crippen LogP contribution < -0.4 is 5.32 Å². The van der Waals surface area contributed by atoms with Gasteiger partial charge in [-0.15, -0.1) is 0 Å². The van der Waals surface area contributed by atoms with E-state index in [9.17, 15) is 9.59 Å². The zero-order valence-electron chi connectivity index (χ0n) is 28.3. The summed E-state index contributed by atoms with van der Waals surface area (Å²) in [7, 11) is 0. The molecule has 0 aliphatic rings. The summed E-state index contributed by atoms with van der Waals surface area (Å²) in [4.78, 5) is 21.8. The SMILES string of the molecule is O=C(O)CCC(=O)NCCCOCCOCCOCCOCCOCCOCCOC(c1ccccc1)(c1ccccc1)c1ccccc1. The number of nitrogens with one attached hydrogen (secondary N) is 1. The zero-order chi connectivity index (χ0) is 34.7. The zero-order valence-corrected chi connectivity index (χ0v) is 28.3. The fraction of sp³-hybridized carbons (Fsp3) is 0.474.